The maximum atomic E-state index is 3.58. The molecule has 1 heteroatoms. The van der Waals surface area contributed by atoms with E-state index in [1.165, 1.54) is 0 Å². The Hall–Kier alpha value is -0.170. The summed E-state index contributed by atoms with van der Waals surface area (Å²) < 4.78 is 0. The summed E-state index contributed by atoms with van der Waals surface area (Å²) in [6, 6.07) is 0. The average Bonchev–Trinajstić information content (AvgIpc) is 1.69. The molecular weight excluding hydrogens is 104 g/mol. The van der Waals surface area contributed by atoms with Crippen molar-refractivity contribution in [3.05, 3.63) is 24.1 Å². The lowest BCUT2D eigenvalue weighted by molar-refractivity contribution is 1.77. The predicted molar refractivity (Wildman–Crippen MR) is 37.5 cm³/mol. The highest BCUT2D eigenvalue weighted by molar-refractivity contribution is 8.02. The Kier molecular flexibility index (Phi) is 5.69. The molecule has 0 heterocycles. The van der Waals surface area contributed by atoms with Crippen molar-refractivity contribution in [2.75, 3.05) is 5.75 Å². The summed E-state index contributed by atoms with van der Waals surface area (Å²) in [4.78, 5) is 0. The molecule has 0 unspecified atom stereocenters. The van der Waals surface area contributed by atoms with Crippen LogP contribution in [0.15, 0.2) is 24.1 Å². The Bertz CT molecular complexity index is 64.6. The minimum absolute atomic E-state index is 1.02. The molecule has 40 valence electrons. The van der Waals surface area contributed by atoms with Gasteiger partial charge in [-0.2, -0.15) is 0 Å². The van der Waals surface area contributed by atoms with Crippen LogP contribution < -0.4 is 0 Å². The Morgan fingerprint density at radius 2 is 2.43 bits per heavy atom. The van der Waals surface area contributed by atoms with E-state index in [0.29, 0.717) is 0 Å². The molecule has 0 saturated heterocycles. The van der Waals surface area contributed by atoms with Crippen molar-refractivity contribution in [1.29, 1.82) is 0 Å². The molecule has 0 nitrogen and oxygen atoms in total. The first-order valence-corrected chi connectivity index (χ1v) is 3.30. The molecule has 0 N–H and O–H groups in total. The highest BCUT2D eigenvalue weighted by Gasteiger charge is 1.68. The van der Waals surface area contributed by atoms with Crippen molar-refractivity contribution in [3.63, 3.8) is 0 Å². The molecule has 0 amide bonds. The van der Waals surface area contributed by atoms with Crippen molar-refractivity contribution in [2.45, 2.75) is 6.92 Å². The van der Waals surface area contributed by atoms with Gasteiger partial charge in [-0.3, -0.25) is 0 Å². The third kappa shape index (κ3) is 5.83. The topological polar surface area (TPSA) is 0 Å². The molecule has 0 aliphatic carbocycles. The van der Waals surface area contributed by atoms with E-state index < -0.39 is 0 Å². The maximum absolute atomic E-state index is 3.58. The van der Waals surface area contributed by atoms with Crippen LogP contribution >= 0.6 is 11.8 Å². The maximum Gasteiger partial charge on any atom is 0.0152 e. The van der Waals surface area contributed by atoms with Crippen LogP contribution in [0.3, 0.4) is 0 Å². The molecule has 0 radical (unpaired) electrons. The predicted octanol–water partition coefficient (Wildman–Crippen LogP) is 2.44. The molecule has 0 spiro atoms. The highest BCUT2D eigenvalue weighted by Crippen LogP contribution is 1.99. The standard InChI is InChI=1S/C6H10S/c1-3-5-7-6-4-2/h3-4,6H,1,5H2,2H3. The molecule has 0 bridgehead atoms. The van der Waals surface area contributed by atoms with Crippen LogP contribution in [0, 0.1) is 0 Å². The second-order valence-electron chi connectivity index (χ2n) is 1.09. The number of thioether (sulfide) groups is 1. The first-order valence-electron chi connectivity index (χ1n) is 2.25. The molecule has 0 fully saturated rings. The van der Waals surface area contributed by atoms with E-state index in [1.54, 1.807) is 11.8 Å². The molecule has 0 aromatic heterocycles. The van der Waals surface area contributed by atoms with E-state index >= 15 is 0 Å². The lowest BCUT2D eigenvalue weighted by Gasteiger charge is -1.79. The van der Waals surface area contributed by atoms with E-state index in [9.17, 15) is 0 Å². The Morgan fingerprint density at radius 1 is 1.71 bits per heavy atom. The summed E-state index contributed by atoms with van der Waals surface area (Å²) in [6.07, 6.45) is 3.92. The smallest absolute Gasteiger partial charge is 0.0152 e. The highest BCUT2D eigenvalue weighted by atomic mass is 32.2. The Morgan fingerprint density at radius 3 is 2.86 bits per heavy atom. The summed E-state index contributed by atoms with van der Waals surface area (Å²) in [7, 11) is 0. The first-order chi connectivity index (χ1) is 3.41. The van der Waals surface area contributed by atoms with E-state index in [4.69, 9.17) is 0 Å². The fourth-order valence-corrected chi connectivity index (χ4v) is 0.659. The van der Waals surface area contributed by atoms with Crippen LogP contribution in [0.5, 0.6) is 0 Å². The lowest BCUT2D eigenvalue weighted by Crippen LogP contribution is -1.58. The van der Waals surface area contributed by atoms with Crippen LogP contribution in [0.25, 0.3) is 0 Å². The number of hydrogen-bond donors (Lipinski definition) is 0. The van der Waals surface area contributed by atoms with Gasteiger partial charge in [0.25, 0.3) is 0 Å². The van der Waals surface area contributed by atoms with E-state index in [2.05, 4.69) is 12.0 Å². The molecule has 0 rings (SSSR count). The molecule has 0 aromatic rings. The second kappa shape index (κ2) is 5.83. The second-order valence-corrected chi connectivity index (χ2v) is 2.03. The zero-order chi connectivity index (χ0) is 5.54. The van der Waals surface area contributed by atoms with Crippen LogP contribution in [0.4, 0.5) is 0 Å². The minimum Gasteiger partial charge on any atom is -0.130 e. The summed E-state index contributed by atoms with van der Waals surface area (Å²) in [5.41, 5.74) is 0. The zero-order valence-electron chi connectivity index (χ0n) is 4.55. The molecule has 0 aliphatic rings. The fourth-order valence-electron chi connectivity index (χ4n) is 0.220. The van der Waals surface area contributed by atoms with Gasteiger partial charge < -0.3 is 0 Å². The van der Waals surface area contributed by atoms with Crippen molar-refractivity contribution >= 4 is 11.8 Å². The molecule has 7 heavy (non-hydrogen) atoms. The van der Waals surface area contributed by atoms with Gasteiger partial charge in [0.1, 0.15) is 0 Å². The van der Waals surface area contributed by atoms with Gasteiger partial charge in [-0.05, 0) is 12.3 Å². The summed E-state index contributed by atoms with van der Waals surface area (Å²) >= 11 is 1.75. The Balaban J connectivity index is 2.82. The van der Waals surface area contributed by atoms with Crippen LogP contribution in [-0.4, -0.2) is 5.75 Å². The molecule has 0 atom stereocenters. The molecular formula is C6H10S. The molecule has 0 saturated carbocycles. The Labute approximate surface area is 49.3 Å². The van der Waals surface area contributed by atoms with E-state index in [0.717, 1.165) is 5.75 Å². The zero-order valence-corrected chi connectivity index (χ0v) is 5.37. The summed E-state index contributed by atoms with van der Waals surface area (Å²) in [5.74, 6) is 1.02. The third-order valence-electron chi connectivity index (χ3n) is 0.446. The largest absolute Gasteiger partial charge is 0.130 e. The van der Waals surface area contributed by atoms with Crippen LogP contribution in [0.1, 0.15) is 6.92 Å². The van der Waals surface area contributed by atoms with Gasteiger partial charge in [0, 0.05) is 5.75 Å². The first kappa shape index (κ1) is 6.83. The monoisotopic (exact) mass is 114 g/mol. The van der Waals surface area contributed by atoms with Gasteiger partial charge in [-0.25, -0.2) is 0 Å². The van der Waals surface area contributed by atoms with Gasteiger partial charge in [0.05, 0.1) is 0 Å². The molecule has 0 aliphatic heterocycles. The van der Waals surface area contributed by atoms with Gasteiger partial charge in [0.2, 0.25) is 0 Å². The summed E-state index contributed by atoms with van der Waals surface area (Å²) in [6.45, 7) is 5.59. The van der Waals surface area contributed by atoms with Crippen molar-refractivity contribution < 1.29 is 0 Å². The van der Waals surface area contributed by atoms with Crippen molar-refractivity contribution in [3.8, 4) is 0 Å². The normalized spacial score (nSPS) is 9.86. The van der Waals surface area contributed by atoms with Crippen LogP contribution in [-0.2, 0) is 0 Å². The number of rotatable bonds is 3. The third-order valence-corrected chi connectivity index (χ3v) is 1.34. The van der Waals surface area contributed by atoms with E-state index in [1.807, 2.05) is 19.1 Å². The SMILES string of the molecule is C=CCSC=CC. The fraction of sp³-hybridized carbons (Fsp3) is 0.333. The minimum atomic E-state index is 1.02. The summed E-state index contributed by atoms with van der Waals surface area (Å²) in [5, 5.41) is 2.06. The molecule has 0 aromatic carbocycles. The van der Waals surface area contributed by atoms with Gasteiger partial charge >= 0.3 is 0 Å². The van der Waals surface area contributed by atoms with Crippen LogP contribution in [0.2, 0.25) is 0 Å². The number of allylic oxidation sites excluding steroid dienone is 1. The van der Waals surface area contributed by atoms with Gasteiger partial charge in [0.15, 0.2) is 0 Å². The van der Waals surface area contributed by atoms with Crippen molar-refractivity contribution in [1.82, 2.24) is 0 Å². The average molecular weight is 114 g/mol. The van der Waals surface area contributed by atoms with Crippen molar-refractivity contribution in [2.24, 2.45) is 0 Å². The quantitative estimate of drug-likeness (QED) is 0.401. The number of hydrogen-bond acceptors (Lipinski definition) is 1. The van der Waals surface area contributed by atoms with E-state index in [-0.39, 0.29) is 0 Å². The lowest BCUT2D eigenvalue weighted by atomic mass is 10.8. The van der Waals surface area contributed by atoms with Gasteiger partial charge in [-0.15, -0.1) is 18.3 Å². The van der Waals surface area contributed by atoms with Gasteiger partial charge in [-0.1, -0.05) is 12.2 Å².